The molecule has 1 aromatic rings. The number of phenols is 1. The van der Waals surface area contributed by atoms with E-state index in [-0.39, 0.29) is 12.2 Å². The smallest absolute Gasteiger partial charge is 0.430 e. The van der Waals surface area contributed by atoms with Crippen LogP contribution in [0.4, 0.5) is 9.18 Å². The molecule has 104 valence electrons. The second kappa shape index (κ2) is 6.72. The molecular weight excluding hydrogens is 251 g/mol. The maximum Gasteiger partial charge on any atom is 0.430 e. The van der Waals surface area contributed by atoms with Crippen LogP contribution in [0.2, 0.25) is 0 Å². The first kappa shape index (κ1) is 14.9. The van der Waals surface area contributed by atoms with Crippen LogP contribution in [0, 0.1) is 12.7 Å². The van der Waals surface area contributed by atoms with E-state index in [1.54, 1.807) is 13.0 Å². The van der Waals surface area contributed by atoms with E-state index in [0.29, 0.717) is 12.1 Å². The molecule has 1 heterocycles. The maximum absolute atomic E-state index is 13.2. The van der Waals surface area contributed by atoms with Crippen molar-refractivity contribution < 1.29 is 19.0 Å². The zero-order chi connectivity index (χ0) is 14.4. The molecule has 5 nitrogen and oxygen atoms in total. The van der Waals surface area contributed by atoms with Crippen LogP contribution in [0.1, 0.15) is 25.0 Å². The number of phenolic OH excluding ortho intramolecular Hbond substituents is 1. The number of carbonyl (C=O) groups is 1. The molecule has 0 radical (unpaired) electrons. The summed E-state index contributed by atoms with van der Waals surface area (Å²) >= 11 is 0. The average molecular weight is 268 g/mol. The highest BCUT2D eigenvalue weighted by Gasteiger charge is 2.20. The molecule has 1 saturated heterocycles. The number of aryl methyl sites for hydroxylation is 1. The Morgan fingerprint density at radius 2 is 2.16 bits per heavy atom. The van der Waals surface area contributed by atoms with Gasteiger partial charge in [0.25, 0.3) is 0 Å². The van der Waals surface area contributed by atoms with Crippen LogP contribution in [-0.2, 0) is 4.74 Å². The molecule has 19 heavy (non-hydrogen) atoms. The number of hydrazone groups is 1. The normalized spacial score (nSPS) is 14.3. The van der Waals surface area contributed by atoms with Crippen molar-refractivity contribution in [3.05, 3.63) is 29.1 Å². The van der Waals surface area contributed by atoms with Crippen molar-refractivity contribution in [3.63, 3.8) is 0 Å². The topological polar surface area (TPSA) is 62.1 Å². The molecule has 0 aliphatic carbocycles. The lowest BCUT2D eigenvalue weighted by Gasteiger charge is -2.05. The minimum absolute atomic E-state index is 0.224. The molecule has 1 aromatic carbocycles. The number of cyclic esters (lactones) is 1. The molecule has 1 aliphatic heterocycles. The predicted octanol–water partition coefficient (Wildman–Crippen LogP) is 2.65. The number of amides is 1. The third-order valence-electron chi connectivity index (χ3n) is 2.31. The quantitative estimate of drug-likeness (QED) is 0.839. The van der Waals surface area contributed by atoms with Gasteiger partial charge < -0.3 is 9.84 Å². The monoisotopic (exact) mass is 268 g/mol. The molecular formula is C13H17FN2O3. The standard InChI is InChI=1S/C11H11FN2O3.C2H6/c1-7-4-8(10(15)9(12)5-7)6-13-14-2-3-17-11(14)16;1-2/h4-6,15H,2-3H2,1H3;1-2H3/b13-6+;. The van der Waals surface area contributed by atoms with Crippen molar-refractivity contribution >= 4 is 12.3 Å². The summed E-state index contributed by atoms with van der Waals surface area (Å²) in [6.07, 6.45) is 0.687. The summed E-state index contributed by atoms with van der Waals surface area (Å²) < 4.78 is 17.9. The van der Waals surface area contributed by atoms with E-state index in [4.69, 9.17) is 0 Å². The molecule has 0 saturated carbocycles. The first-order valence-electron chi connectivity index (χ1n) is 6.05. The van der Waals surface area contributed by atoms with E-state index in [2.05, 4.69) is 9.84 Å². The van der Waals surface area contributed by atoms with Gasteiger partial charge >= 0.3 is 6.09 Å². The van der Waals surface area contributed by atoms with Gasteiger partial charge in [0.1, 0.15) is 6.61 Å². The summed E-state index contributed by atoms with van der Waals surface area (Å²) in [7, 11) is 0. The fourth-order valence-electron chi connectivity index (χ4n) is 1.48. The number of rotatable bonds is 2. The van der Waals surface area contributed by atoms with Crippen LogP contribution in [0.15, 0.2) is 17.2 Å². The summed E-state index contributed by atoms with van der Waals surface area (Å²) in [5.74, 6) is -1.19. The minimum Gasteiger partial charge on any atom is -0.504 e. The summed E-state index contributed by atoms with van der Waals surface area (Å²) in [5.41, 5.74) is 0.882. The van der Waals surface area contributed by atoms with Crippen molar-refractivity contribution in [1.82, 2.24) is 5.01 Å². The SMILES string of the molecule is CC.Cc1cc(F)c(O)c(/C=N/N2CCOC2=O)c1. The Labute approximate surface area is 111 Å². The van der Waals surface area contributed by atoms with Gasteiger partial charge in [0, 0.05) is 5.56 Å². The van der Waals surface area contributed by atoms with E-state index in [9.17, 15) is 14.3 Å². The summed E-state index contributed by atoms with van der Waals surface area (Å²) in [4.78, 5) is 11.1. The van der Waals surface area contributed by atoms with E-state index in [1.807, 2.05) is 13.8 Å². The summed E-state index contributed by atoms with van der Waals surface area (Å²) in [6, 6.07) is 2.79. The zero-order valence-corrected chi connectivity index (χ0v) is 11.2. The van der Waals surface area contributed by atoms with Crippen LogP contribution in [0.5, 0.6) is 5.75 Å². The maximum atomic E-state index is 13.2. The first-order valence-corrected chi connectivity index (χ1v) is 6.05. The molecule has 0 spiro atoms. The van der Waals surface area contributed by atoms with Crippen LogP contribution in [0.25, 0.3) is 0 Å². The molecule has 1 N–H and O–H groups in total. The Kier molecular flexibility index (Phi) is 5.29. The number of aromatic hydroxyl groups is 1. The van der Waals surface area contributed by atoms with Gasteiger partial charge in [-0.1, -0.05) is 13.8 Å². The van der Waals surface area contributed by atoms with Crippen LogP contribution in [-0.4, -0.2) is 35.6 Å². The number of carbonyl (C=O) groups excluding carboxylic acids is 1. The molecule has 2 rings (SSSR count). The third kappa shape index (κ3) is 3.67. The van der Waals surface area contributed by atoms with Gasteiger partial charge in [-0.15, -0.1) is 0 Å². The number of nitrogens with zero attached hydrogens (tertiary/aromatic N) is 2. The molecule has 1 amide bonds. The highest BCUT2D eigenvalue weighted by Crippen LogP contribution is 2.21. The second-order valence-corrected chi connectivity index (χ2v) is 3.67. The van der Waals surface area contributed by atoms with Crippen LogP contribution >= 0.6 is 0 Å². The fraction of sp³-hybridized carbons (Fsp3) is 0.385. The Hall–Kier alpha value is -2.11. The van der Waals surface area contributed by atoms with Crippen molar-refractivity contribution in [1.29, 1.82) is 0 Å². The minimum atomic E-state index is -0.713. The molecule has 1 fully saturated rings. The van der Waals surface area contributed by atoms with Gasteiger partial charge in [-0.05, 0) is 24.6 Å². The Balaban J connectivity index is 0.000000861. The number of ether oxygens (including phenoxy) is 1. The lowest BCUT2D eigenvalue weighted by atomic mass is 10.1. The zero-order valence-electron chi connectivity index (χ0n) is 11.2. The predicted molar refractivity (Wildman–Crippen MR) is 69.8 cm³/mol. The van der Waals surface area contributed by atoms with Crippen molar-refractivity contribution in [2.75, 3.05) is 13.2 Å². The Morgan fingerprint density at radius 3 is 2.74 bits per heavy atom. The number of halogens is 1. The molecule has 0 atom stereocenters. The van der Waals surface area contributed by atoms with E-state index >= 15 is 0 Å². The van der Waals surface area contributed by atoms with Crippen molar-refractivity contribution in [2.24, 2.45) is 5.10 Å². The largest absolute Gasteiger partial charge is 0.504 e. The highest BCUT2D eigenvalue weighted by molar-refractivity contribution is 5.84. The summed E-state index contributed by atoms with van der Waals surface area (Å²) in [6.45, 7) is 6.33. The molecule has 6 heteroatoms. The molecule has 0 aromatic heterocycles. The van der Waals surface area contributed by atoms with Crippen molar-refractivity contribution in [2.45, 2.75) is 20.8 Å². The average Bonchev–Trinajstić information content (AvgIpc) is 2.80. The molecule has 1 aliphatic rings. The van der Waals surface area contributed by atoms with Gasteiger partial charge in [0.05, 0.1) is 12.8 Å². The summed E-state index contributed by atoms with van der Waals surface area (Å²) in [5, 5.41) is 14.4. The second-order valence-electron chi connectivity index (χ2n) is 3.67. The van der Waals surface area contributed by atoms with E-state index < -0.39 is 17.7 Å². The van der Waals surface area contributed by atoms with E-state index in [0.717, 1.165) is 5.01 Å². The number of hydrogen-bond donors (Lipinski definition) is 1. The van der Waals surface area contributed by atoms with Crippen molar-refractivity contribution in [3.8, 4) is 5.75 Å². The lowest BCUT2D eigenvalue weighted by Crippen LogP contribution is -2.17. The van der Waals surface area contributed by atoms with Gasteiger partial charge in [-0.25, -0.2) is 9.18 Å². The van der Waals surface area contributed by atoms with Crippen LogP contribution in [0.3, 0.4) is 0 Å². The lowest BCUT2D eigenvalue weighted by molar-refractivity contribution is 0.159. The van der Waals surface area contributed by atoms with Gasteiger partial charge in [-0.2, -0.15) is 10.1 Å². The van der Waals surface area contributed by atoms with Crippen LogP contribution < -0.4 is 0 Å². The van der Waals surface area contributed by atoms with Gasteiger partial charge in [0.2, 0.25) is 0 Å². The Morgan fingerprint density at radius 1 is 1.47 bits per heavy atom. The molecule has 0 bridgehead atoms. The highest BCUT2D eigenvalue weighted by atomic mass is 19.1. The van der Waals surface area contributed by atoms with E-state index in [1.165, 1.54) is 12.3 Å². The number of benzene rings is 1. The molecule has 0 unspecified atom stereocenters. The Bertz CT molecular complexity index is 489. The first-order chi connectivity index (χ1) is 9.08. The van der Waals surface area contributed by atoms with Gasteiger partial charge in [-0.3, -0.25) is 0 Å². The van der Waals surface area contributed by atoms with Gasteiger partial charge in [0.15, 0.2) is 11.6 Å². The third-order valence-corrected chi connectivity index (χ3v) is 2.31. The fourth-order valence-corrected chi connectivity index (χ4v) is 1.48. The number of hydrogen-bond acceptors (Lipinski definition) is 4.